The highest BCUT2D eigenvalue weighted by molar-refractivity contribution is 8.26. The summed E-state index contributed by atoms with van der Waals surface area (Å²) >= 11 is 6.27. The van der Waals surface area contributed by atoms with Gasteiger partial charge in [-0.1, -0.05) is 36.1 Å². The van der Waals surface area contributed by atoms with Crippen LogP contribution in [0.4, 0.5) is 5.69 Å². The van der Waals surface area contributed by atoms with E-state index in [-0.39, 0.29) is 11.6 Å². The SMILES string of the molecule is CN1C(=O)/C(=C\c2ccc(-c3cccc([N+](=O)[O-])c3)o2)SC1=S. The third kappa shape index (κ3) is 3.03. The topological polar surface area (TPSA) is 76.6 Å². The summed E-state index contributed by atoms with van der Waals surface area (Å²) < 4.78 is 6.15. The van der Waals surface area contributed by atoms with E-state index in [0.29, 0.717) is 26.3 Å². The number of rotatable bonds is 3. The molecular formula is C15H10N2O4S2. The first kappa shape index (κ1) is 15.4. The normalized spacial score (nSPS) is 16.4. The lowest BCUT2D eigenvalue weighted by Gasteiger charge is -2.03. The van der Waals surface area contributed by atoms with Crippen LogP contribution in [0.25, 0.3) is 17.4 Å². The van der Waals surface area contributed by atoms with Crippen molar-refractivity contribution in [2.75, 3.05) is 7.05 Å². The fraction of sp³-hybridized carbons (Fsp3) is 0.0667. The summed E-state index contributed by atoms with van der Waals surface area (Å²) in [5.41, 5.74) is 0.592. The molecule has 8 heteroatoms. The molecule has 0 spiro atoms. The molecule has 1 aliphatic heterocycles. The third-order valence-electron chi connectivity index (χ3n) is 3.23. The van der Waals surface area contributed by atoms with Crippen LogP contribution in [0.5, 0.6) is 0 Å². The van der Waals surface area contributed by atoms with Crippen molar-refractivity contribution in [3.05, 3.63) is 57.2 Å². The summed E-state index contributed by atoms with van der Waals surface area (Å²) in [4.78, 5) is 24.2. The van der Waals surface area contributed by atoms with E-state index in [9.17, 15) is 14.9 Å². The molecule has 1 aliphatic rings. The molecule has 0 atom stereocenters. The Labute approximate surface area is 140 Å². The largest absolute Gasteiger partial charge is 0.457 e. The van der Waals surface area contributed by atoms with Gasteiger partial charge < -0.3 is 4.42 Å². The molecule has 1 saturated heterocycles. The predicted molar refractivity (Wildman–Crippen MR) is 91.7 cm³/mol. The molecule has 1 amide bonds. The van der Waals surface area contributed by atoms with E-state index < -0.39 is 4.92 Å². The highest BCUT2D eigenvalue weighted by Gasteiger charge is 2.29. The second-order valence-corrected chi connectivity index (χ2v) is 6.43. The molecule has 0 saturated carbocycles. The first-order valence-electron chi connectivity index (χ1n) is 6.52. The van der Waals surface area contributed by atoms with Gasteiger partial charge >= 0.3 is 0 Å². The maximum absolute atomic E-state index is 11.9. The summed E-state index contributed by atoms with van der Waals surface area (Å²) in [7, 11) is 1.62. The molecule has 23 heavy (non-hydrogen) atoms. The smallest absolute Gasteiger partial charge is 0.270 e. The molecule has 0 unspecified atom stereocenters. The van der Waals surface area contributed by atoms with E-state index in [4.69, 9.17) is 16.6 Å². The molecule has 3 rings (SSSR count). The molecule has 1 aromatic heterocycles. The number of non-ortho nitro benzene ring substituents is 1. The number of nitro benzene ring substituents is 1. The summed E-state index contributed by atoms with van der Waals surface area (Å²) in [6, 6.07) is 9.58. The van der Waals surface area contributed by atoms with Gasteiger partial charge in [0.05, 0.1) is 9.83 Å². The van der Waals surface area contributed by atoms with Gasteiger partial charge in [-0.3, -0.25) is 19.8 Å². The molecule has 0 N–H and O–H groups in total. The van der Waals surface area contributed by atoms with Crippen LogP contribution >= 0.6 is 24.0 Å². The predicted octanol–water partition coefficient (Wildman–Crippen LogP) is 3.69. The minimum Gasteiger partial charge on any atom is -0.457 e. The zero-order valence-electron chi connectivity index (χ0n) is 11.9. The van der Waals surface area contributed by atoms with Crippen molar-refractivity contribution in [2.45, 2.75) is 0 Å². The number of hydrogen-bond donors (Lipinski definition) is 0. The standard InChI is InChI=1S/C15H10N2O4S2/c1-16-14(18)13(23-15(16)22)8-11-5-6-12(21-11)9-3-2-4-10(7-9)17(19)20/h2-8H,1H3/b13-8+. The van der Waals surface area contributed by atoms with Crippen LogP contribution in [-0.2, 0) is 4.79 Å². The molecule has 1 fully saturated rings. The number of furan rings is 1. The number of likely N-dealkylation sites (N-methyl/N-ethyl adjacent to an activating group) is 1. The molecule has 2 aromatic rings. The Balaban J connectivity index is 1.90. The maximum Gasteiger partial charge on any atom is 0.270 e. The van der Waals surface area contributed by atoms with Gasteiger partial charge in [-0.05, 0) is 12.1 Å². The van der Waals surface area contributed by atoms with Crippen molar-refractivity contribution >= 4 is 46.0 Å². The lowest BCUT2D eigenvalue weighted by molar-refractivity contribution is -0.384. The van der Waals surface area contributed by atoms with Crippen LogP contribution in [0.2, 0.25) is 0 Å². The maximum atomic E-state index is 11.9. The van der Waals surface area contributed by atoms with Gasteiger partial charge in [0.2, 0.25) is 0 Å². The molecule has 1 aromatic carbocycles. The van der Waals surface area contributed by atoms with Gasteiger partial charge in [-0.25, -0.2) is 0 Å². The zero-order chi connectivity index (χ0) is 16.6. The van der Waals surface area contributed by atoms with Gasteiger partial charge in [0.1, 0.15) is 15.8 Å². The van der Waals surface area contributed by atoms with Crippen molar-refractivity contribution in [3.8, 4) is 11.3 Å². The number of carbonyl (C=O) groups excluding carboxylic acids is 1. The van der Waals surface area contributed by atoms with Gasteiger partial charge in [-0.2, -0.15) is 0 Å². The summed E-state index contributed by atoms with van der Waals surface area (Å²) in [6.07, 6.45) is 1.61. The number of carbonyl (C=O) groups is 1. The number of hydrogen-bond acceptors (Lipinski definition) is 6. The Morgan fingerprint density at radius 1 is 1.35 bits per heavy atom. The van der Waals surface area contributed by atoms with E-state index in [1.807, 2.05) is 0 Å². The minimum atomic E-state index is -0.458. The molecular weight excluding hydrogens is 336 g/mol. The van der Waals surface area contributed by atoms with E-state index in [2.05, 4.69) is 0 Å². The number of thioether (sulfide) groups is 1. The van der Waals surface area contributed by atoms with Crippen LogP contribution < -0.4 is 0 Å². The third-order valence-corrected chi connectivity index (χ3v) is 4.71. The molecule has 2 heterocycles. The van der Waals surface area contributed by atoms with Gasteiger partial charge in [0.25, 0.3) is 11.6 Å². The number of nitrogens with zero attached hydrogens (tertiary/aromatic N) is 2. The fourth-order valence-corrected chi connectivity index (χ4v) is 3.19. The zero-order valence-corrected chi connectivity index (χ0v) is 13.5. The highest BCUT2D eigenvalue weighted by Crippen LogP contribution is 2.33. The Bertz CT molecular complexity index is 857. The average Bonchev–Trinajstić information content (AvgIpc) is 3.09. The minimum absolute atomic E-state index is 0.00713. The number of amides is 1. The summed E-state index contributed by atoms with van der Waals surface area (Å²) in [5.74, 6) is 0.806. The Kier molecular flexibility index (Phi) is 4.01. The number of benzene rings is 1. The molecule has 6 nitrogen and oxygen atoms in total. The van der Waals surface area contributed by atoms with Crippen LogP contribution in [-0.4, -0.2) is 27.1 Å². The van der Waals surface area contributed by atoms with Crippen molar-refractivity contribution in [1.29, 1.82) is 0 Å². The van der Waals surface area contributed by atoms with Gasteiger partial charge in [0, 0.05) is 30.8 Å². The second kappa shape index (κ2) is 5.98. The van der Waals surface area contributed by atoms with Crippen molar-refractivity contribution in [1.82, 2.24) is 4.90 Å². The molecule has 0 radical (unpaired) electrons. The first-order valence-corrected chi connectivity index (χ1v) is 7.74. The fourth-order valence-electron chi connectivity index (χ4n) is 2.03. The average molecular weight is 346 g/mol. The number of thiocarbonyl (C=S) groups is 1. The van der Waals surface area contributed by atoms with Crippen LogP contribution in [0.15, 0.2) is 45.7 Å². The molecule has 0 aliphatic carbocycles. The summed E-state index contributed by atoms with van der Waals surface area (Å²) in [6.45, 7) is 0. The van der Waals surface area contributed by atoms with Crippen molar-refractivity contribution in [2.24, 2.45) is 0 Å². The van der Waals surface area contributed by atoms with Crippen LogP contribution in [0.3, 0.4) is 0 Å². The second-order valence-electron chi connectivity index (χ2n) is 4.75. The van der Waals surface area contributed by atoms with Gasteiger partial charge in [-0.15, -0.1) is 0 Å². The van der Waals surface area contributed by atoms with Crippen molar-refractivity contribution < 1.29 is 14.1 Å². The Morgan fingerprint density at radius 2 is 2.13 bits per heavy atom. The number of nitro groups is 1. The van der Waals surface area contributed by atoms with E-state index >= 15 is 0 Å². The summed E-state index contributed by atoms with van der Waals surface area (Å²) in [5, 5.41) is 10.8. The highest BCUT2D eigenvalue weighted by atomic mass is 32.2. The quantitative estimate of drug-likeness (QED) is 0.365. The first-order chi connectivity index (χ1) is 11.0. The Hall–Kier alpha value is -2.45. The lowest BCUT2D eigenvalue weighted by Crippen LogP contribution is -2.22. The van der Waals surface area contributed by atoms with Crippen LogP contribution in [0, 0.1) is 10.1 Å². The Morgan fingerprint density at radius 3 is 2.78 bits per heavy atom. The molecule has 116 valence electrons. The van der Waals surface area contributed by atoms with Crippen LogP contribution in [0.1, 0.15) is 5.76 Å². The van der Waals surface area contributed by atoms with E-state index in [0.717, 1.165) is 0 Å². The lowest BCUT2D eigenvalue weighted by atomic mass is 10.1. The van der Waals surface area contributed by atoms with E-state index in [1.165, 1.54) is 28.8 Å². The molecule has 0 bridgehead atoms. The van der Waals surface area contributed by atoms with Gasteiger partial charge in [0.15, 0.2) is 0 Å². The monoisotopic (exact) mass is 346 g/mol. The van der Waals surface area contributed by atoms with Crippen molar-refractivity contribution in [3.63, 3.8) is 0 Å². The van der Waals surface area contributed by atoms with E-state index in [1.54, 1.807) is 37.4 Å².